The molecule has 1 atom stereocenters. The summed E-state index contributed by atoms with van der Waals surface area (Å²) in [6.45, 7) is 16.0. The molecule has 0 fully saturated rings. The summed E-state index contributed by atoms with van der Waals surface area (Å²) in [6.07, 6.45) is 0. The number of hydrogen-bond acceptors (Lipinski definition) is 2. The maximum atomic E-state index is 10.9. The molecule has 3 rings (SSSR count). The van der Waals surface area contributed by atoms with Gasteiger partial charge in [0.05, 0.1) is 0 Å². The van der Waals surface area contributed by atoms with Crippen molar-refractivity contribution >= 4 is 37.8 Å². The molecule has 0 aliphatic carbocycles. The van der Waals surface area contributed by atoms with E-state index < -0.39 is 17.0 Å². The van der Waals surface area contributed by atoms with Crippen molar-refractivity contribution in [3.05, 3.63) is 88.5 Å². The van der Waals surface area contributed by atoms with Gasteiger partial charge in [0.25, 0.3) is 0 Å². The van der Waals surface area contributed by atoms with Crippen LogP contribution in [-0.4, -0.2) is 16.6 Å². The molecule has 6 heteroatoms. The van der Waals surface area contributed by atoms with E-state index in [1.165, 1.54) is 27.6 Å². The normalized spacial score (nSPS) is 11.6. The van der Waals surface area contributed by atoms with E-state index in [4.69, 9.17) is 18.6 Å². The van der Waals surface area contributed by atoms with Crippen LogP contribution in [0.2, 0.25) is 0 Å². The zero-order chi connectivity index (χ0) is 25.3. The van der Waals surface area contributed by atoms with Crippen molar-refractivity contribution in [2.24, 2.45) is 0 Å². The minimum absolute atomic E-state index is 0.0565. The van der Waals surface area contributed by atoms with E-state index >= 15 is 0 Å². The van der Waals surface area contributed by atoms with Crippen molar-refractivity contribution in [3.63, 3.8) is 0 Å². The molecule has 0 saturated heterocycles. The first kappa shape index (κ1) is 29.4. The standard InChI is InChI=1S/C28H36NOP.2ClH.Ti/c1-7-29(18-22-13-9-8-10-14-22)19-23-15-11-12-20(2)27(23)31-25-17-24(28(4,5)6)16-21(3)26(25)30;;;/h8-17,30-31H,7,18-19H2,1-6H3;2*1H;/q;;;+2/p-2. The number of phenolic OH excluding ortho intramolecular Hbond substituents is 1. The fraction of sp³-hybridized carbons (Fsp3) is 0.357. The molecule has 3 aromatic rings. The Morgan fingerprint density at radius 3 is 2.15 bits per heavy atom. The molecule has 0 radical (unpaired) electrons. The van der Waals surface area contributed by atoms with E-state index in [9.17, 15) is 5.11 Å². The molecule has 0 aliphatic heterocycles. The topological polar surface area (TPSA) is 23.5 Å². The van der Waals surface area contributed by atoms with Crippen LogP contribution >= 0.6 is 27.2 Å². The maximum absolute atomic E-state index is 10.9. The monoisotopic (exact) mass is 551 g/mol. The predicted octanol–water partition coefficient (Wildman–Crippen LogP) is 7.33. The molecular formula is C28H36Cl2NOPTi. The minimum atomic E-state index is -0.556. The molecule has 0 heterocycles. The van der Waals surface area contributed by atoms with Gasteiger partial charge in [-0.1, -0.05) is 90.9 Å². The molecule has 0 spiro atoms. The summed E-state index contributed by atoms with van der Waals surface area (Å²) in [4.78, 5) is 2.48. The van der Waals surface area contributed by atoms with Crippen molar-refractivity contribution in [1.29, 1.82) is 0 Å². The van der Waals surface area contributed by atoms with E-state index in [2.05, 4.69) is 100 Å². The summed E-state index contributed by atoms with van der Waals surface area (Å²) in [5, 5.41) is 13.3. The van der Waals surface area contributed by atoms with Gasteiger partial charge in [0.2, 0.25) is 0 Å². The first-order valence-corrected chi connectivity index (χ1v) is 16.8. The third-order valence-electron chi connectivity index (χ3n) is 5.88. The molecule has 0 aromatic heterocycles. The van der Waals surface area contributed by atoms with Gasteiger partial charge in [0.15, 0.2) is 0 Å². The van der Waals surface area contributed by atoms with Crippen molar-refractivity contribution in [2.45, 2.75) is 60.0 Å². The van der Waals surface area contributed by atoms with Gasteiger partial charge in [0, 0.05) is 18.4 Å². The summed E-state index contributed by atoms with van der Waals surface area (Å²) >= 11 is -0.556. The van der Waals surface area contributed by atoms with E-state index in [0.29, 0.717) is 14.3 Å². The molecule has 0 saturated carbocycles. The van der Waals surface area contributed by atoms with E-state index in [1.54, 1.807) is 0 Å². The van der Waals surface area contributed by atoms with Gasteiger partial charge in [-0.2, -0.15) is 0 Å². The zero-order valence-corrected chi connectivity index (χ0v) is 25.1. The number of halogens is 2. The summed E-state index contributed by atoms with van der Waals surface area (Å²) in [5.41, 5.74) is 6.29. The number of phenols is 1. The summed E-state index contributed by atoms with van der Waals surface area (Å²) < 4.78 is 0. The number of aryl methyl sites for hydroxylation is 2. The predicted molar refractivity (Wildman–Crippen MR) is 148 cm³/mol. The van der Waals surface area contributed by atoms with Crippen LogP contribution in [0.1, 0.15) is 55.5 Å². The summed E-state index contributed by atoms with van der Waals surface area (Å²) in [7, 11) is 10.2. The van der Waals surface area contributed by atoms with Gasteiger partial charge in [0.1, 0.15) is 5.75 Å². The Kier molecular flexibility index (Phi) is 12.1. The number of hydrogen-bond donors (Lipinski definition) is 1. The molecular weight excluding hydrogens is 516 g/mol. The van der Waals surface area contributed by atoms with Crippen LogP contribution in [0.15, 0.2) is 60.7 Å². The van der Waals surface area contributed by atoms with E-state index in [1.807, 2.05) is 6.92 Å². The number of aromatic hydroxyl groups is 1. The van der Waals surface area contributed by atoms with Crippen LogP contribution in [0.25, 0.3) is 0 Å². The van der Waals surface area contributed by atoms with Crippen LogP contribution in [0, 0.1) is 13.8 Å². The Labute approximate surface area is 224 Å². The van der Waals surface area contributed by atoms with Gasteiger partial charge in [-0.05, 0) is 65.0 Å². The third-order valence-corrected chi connectivity index (χ3v) is 7.49. The molecule has 1 N–H and O–H groups in total. The Bertz CT molecular complexity index is 1050. The molecule has 182 valence electrons. The third kappa shape index (κ3) is 8.67. The SMILES string of the molecule is CCN(Cc1ccccc1)Cc1cccc(C)c1Pc1cc(C(C)(C)C)cc(C)c1O.[Cl][Ti][Cl]. The van der Waals surface area contributed by atoms with Crippen molar-refractivity contribution in [2.75, 3.05) is 6.54 Å². The van der Waals surface area contributed by atoms with Gasteiger partial charge < -0.3 is 5.11 Å². The fourth-order valence-electron chi connectivity index (χ4n) is 3.84. The van der Waals surface area contributed by atoms with Crippen molar-refractivity contribution in [1.82, 2.24) is 4.90 Å². The Morgan fingerprint density at radius 1 is 0.912 bits per heavy atom. The first-order chi connectivity index (χ1) is 16.1. The van der Waals surface area contributed by atoms with Gasteiger partial charge in [-0.25, -0.2) is 0 Å². The zero-order valence-electron chi connectivity index (χ0n) is 21.0. The quantitative estimate of drug-likeness (QED) is 0.245. The molecule has 0 bridgehead atoms. The average Bonchev–Trinajstić information content (AvgIpc) is 2.78. The summed E-state index contributed by atoms with van der Waals surface area (Å²) in [6, 6.07) is 21.6. The summed E-state index contributed by atoms with van der Waals surface area (Å²) in [5.74, 6) is 0.442. The number of nitrogens with zero attached hydrogens (tertiary/aromatic N) is 1. The molecule has 1 unspecified atom stereocenters. The molecule has 2 nitrogen and oxygen atoms in total. The Morgan fingerprint density at radius 2 is 1.56 bits per heavy atom. The van der Waals surface area contributed by atoms with Gasteiger partial charge in [-0.3, -0.25) is 4.90 Å². The van der Waals surface area contributed by atoms with Crippen molar-refractivity contribution < 1.29 is 22.1 Å². The molecule has 0 aliphatic rings. The second kappa shape index (κ2) is 14.0. The van der Waals surface area contributed by atoms with Gasteiger partial charge in [-0.15, -0.1) is 0 Å². The molecule has 0 amide bonds. The Balaban J connectivity index is 0.00000129. The van der Waals surface area contributed by atoms with E-state index in [0.717, 1.165) is 30.5 Å². The van der Waals surface area contributed by atoms with E-state index in [-0.39, 0.29) is 5.41 Å². The Hall–Kier alpha value is -0.856. The van der Waals surface area contributed by atoms with Crippen LogP contribution in [-0.2, 0) is 35.5 Å². The van der Waals surface area contributed by atoms with Crippen molar-refractivity contribution in [3.8, 4) is 5.75 Å². The molecule has 3 aromatic carbocycles. The fourth-order valence-corrected chi connectivity index (χ4v) is 5.26. The van der Waals surface area contributed by atoms with Crippen LogP contribution in [0.5, 0.6) is 5.75 Å². The van der Waals surface area contributed by atoms with Crippen LogP contribution < -0.4 is 10.6 Å². The van der Waals surface area contributed by atoms with Gasteiger partial charge >= 0.3 is 35.6 Å². The molecule has 34 heavy (non-hydrogen) atoms. The second-order valence-corrected chi connectivity index (χ2v) is 13.4. The van der Waals surface area contributed by atoms with Crippen LogP contribution in [0.3, 0.4) is 0 Å². The van der Waals surface area contributed by atoms with Crippen LogP contribution in [0.4, 0.5) is 0 Å². The number of benzene rings is 3. The second-order valence-electron chi connectivity index (χ2n) is 9.53. The first-order valence-electron chi connectivity index (χ1n) is 11.5. The average molecular weight is 552 g/mol. The number of rotatable bonds is 7.